The van der Waals surface area contributed by atoms with E-state index in [4.69, 9.17) is 5.26 Å². The van der Waals surface area contributed by atoms with E-state index in [1.807, 2.05) is 26.0 Å². The van der Waals surface area contributed by atoms with Crippen LogP contribution in [0.1, 0.15) is 23.9 Å². The molecule has 0 aliphatic heterocycles. The quantitative estimate of drug-likeness (QED) is 0.864. The minimum atomic E-state index is -0.347. The molecule has 7 nitrogen and oxygen atoms in total. The van der Waals surface area contributed by atoms with Gasteiger partial charge in [0.15, 0.2) is 5.82 Å². The van der Waals surface area contributed by atoms with Gasteiger partial charge in [0.25, 0.3) is 5.95 Å². The highest BCUT2D eigenvalue weighted by atomic mass is 16.1. The van der Waals surface area contributed by atoms with Crippen molar-refractivity contribution in [3.8, 4) is 12.0 Å². The molecule has 1 amide bonds. The fraction of sp³-hybridized carbons (Fsp3) is 0.214. The normalized spacial score (nSPS) is 10.6. The average Bonchev–Trinajstić information content (AvgIpc) is 2.80. The van der Waals surface area contributed by atoms with E-state index in [2.05, 4.69) is 20.4 Å². The van der Waals surface area contributed by atoms with Crippen LogP contribution in [0.15, 0.2) is 24.4 Å². The molecule has 0 aliphatic rings. The lowest BCUT2D eigenvalue weighted by Gasteiger charge is -2.08. The number of hydrogen-bond acceptors (Lipinski definition) is 5. The summed E-state index contributed by atoms with van der Waals surface area (Å²) in [6, 6.07) is 3.81. The Morgan fingerprint density at radius 3 is 2.62 bits per heavy atom. The molecule has 21 heavy (non-hydrogen) atoms. The van der Waals surface area contributed by atoms with Crippen LogP contribution in [-0.2, 0) is 4.79 Å². The number of nitrogens with zero attached hydrogens (tertiary/aromatic N) is 5. The Kier molecular flexibility index (Phi) is 4.09. The monoisotopic (exact) mass is 282 g/mol. The largest absolute Gasteiger partial charge is 0.306 e. The highest BCUT2D eigenvalue weighted by molar-refractivity contribution is 5.99. The molecule has 7 heteroatoms. The summed E-state index contributed by atoms with van der Waals surface area (Å²) < 4.78 is 1.35. The number of rotatable bonds is 3. The van der Waals surface area contributed by atoms with Gasteiger partial charge in [0.05, 0.1) is 6.20 Å². The number of aromatic nitrogens is 4. The van der Waals surface area contributed by atoms with Crippen LogP contribution in [0.3, 0.4) is 0 Å². The van der Waals surface area contributed by atoms with Crippen molar-refractivity contribution in [1.82, 2.24) is 19.7 Å². The van der Waals surface area contributed by atoms with Crippen LogP contribution in [0, 0.1) is 25.2 Å². The van der Waals surface area contributed by atoms with Crippen LogP contribution in [0.4, 0.5) is 5.82 Å². The Morgan fingerprint density at radius 2 is 2.05 bits per heavy atom. The number of amides is 1. The van der Waals surface area contributed by atoms with Crippen molar-refractivity contribution in [3.63, 3.8) is 0 Å². The SMILES string of the molecule is C/C=C/C(=O)Nc1c(C#N)cnn1-c1nc(C)cc(C)n1. The summed E-state index contributed by atoms with van der Waals surface area (Å²) in [5, 5.41) is 15.8. The molecule has 0 unspecified atom stereocenters. The third kappa shape index (κ3) is 3.12. The van der Waals surface area contributed by atoms with Crippen molar-refractivity contribution in [1.29, 1.82) is 5.26 Å². The number of aryl methyl sites for hydroxylation is 2. The Morgan fingerprint density at radius 1 is 1.38 bits per heavy atom. The zero-order valence-electron chi connectivity index (χ0n) is 12.0. The fourth-order valence-corrected chi connectivity index (χ4v) is 1.81. The molecule has 0 saturated heterocycles. The molecule has 0 aliphatic carbocycles. The second-order valence-electron chi connectivity index (χ2n) is 4.37. The molecule has 106 valence electrons. The van der Waals surface area contributed by atoms with E-state index in [1.165, 1.54) is 17.0 Å². The summed E-state index contributed by atoms with van der Waals surface area (Å²) in [6.07, 6.45) is 4.34. The van der Waals surface area contributed by atoms with Crippen LogP contribution >= 0.6 is 0 Å². The first kappa shape index (κ1) is 14.4. The lowest BCUT2D eigenvalue weighted by molar-refractivity contribution is -0.111. The first-order chi connectivity index (χ1) is 10.0. The van der Waals surface area contributed by atoms with Crippen molar-refractivity contribution in [2.45, 2.75) is 20.8 Å². The molecular weight excluding hydrogens is 268 g/mol. The molecule has 2 aromatic heterocycles. The van der Waals surface area contributed by atoms with Gasteiger partial charge in [0.2, 0.25) is 5.91 Å². The van der Waals surface area contributed by atoms with E-state index in [-0.39, 0.29) is 17.3 Å². The van der Waals surface area contributed by atoms with Gasteiger partial charge in [-0.25, -0.2) is 9.97 Å². The van der Waals surface area contributed by atoms with E-state index in [0.717, 1.165) is 11.4 Å². The van der Waals surface area contributed by atoms with Crippen LogP contribution in [0.5, 0.6) is 0 Å². The molecule has 0 bridgehead atoms. The minimum Gasteiger partial charge on any atom is -0.306 e. The van der Waals surface area contributed by atoms with Crippen LogP contribution in [0.25, 0.3) is 5.95 Å². The molecule has 2 aromatic rings. The van der Waals surface area contributed by atoms with Gasteiger partial charge < -0.3 is 5.32 Å². The lowest BCUT2D eigenvalue weighted by atomic mass is 10.3. The summed E-state index contributed by atoms with van der Waals surface area (Å²) in [5.74, 6) is 0.218. The maximum atomic E-state index is 11.7. The highest BCUT2D eigenvalue weighted by Gasteiger charge is 2.16. The van der Waals surface area contributed by atoms with E-state index >= 15 is 0 Å². The molecule has 1 N–H and O–H groups in total. The van der Waals surface area contributed by atoms with Gasteiger partial charge in [-0.3, -0.25) is 4.79 Å². The number of hydrogen-bond donors (Lipinski definition) is 1. The maximum absolute atomic E-state index is 11.7. The third-order valence-electron chi connectivity index (χ3n) is 2.61. The minimum absolute atomic E-state index is 0.246. The van der Waals surface area contributed by atoms with Crippen molar-refractivity contribution in [2.24, 2.45) is 0 Å². The van der Waals surface area contributed by atoms with Gasteiger partial charge in [-0.1, -0.05) is 6.08 Å². The second kappa shape index (κ2) is 5.96. The first-order valence-electron chi connectivity index (χ1n) is 6.29. The van der Waals surface area contributed by atoms with Crippen molar-refractivity contribution < 1.29 is 4.79 Å². The summed E-state index contributed by atoms with van der Waals surface area (Å²) in [4.78, 5) is 20.3. The highest BCUT2D eigenvalue weighted by Crippen LogP contribution is 2.18. The van der Waals surface area contributed by atoms with Crippen LogP contribution < -0.4 is 5.32 Å². The summed E-state index contributed by atoms with van der Waals surface area (Å²) in [6.45, 7) is 5.41. The van der Waals surface area contributed by atoms with E-state index in [9.17, 15) is 4.79 Å². The number of anilines is 1. The standard InChI is InChI=1S/C14H14N6O/c1-4-5-12(21)19-13-11(7-15)8-16-20(13)14-17-9(2)6-10(3)18-14/h4-6,8H,1-3H3,(H,19,21)/b5-4+. The zero-order chi connectivity index (χ0) is 15.4. The molecule has 2 heterocycles. The maximum Gasteiger partial charge on any atom is 0.252 e. The predicted octanol–water partition coefficient (Wildman–Crippen LogP) is 1.67. The topological polar surface area (TPSA) is 96.5 Å². The molecular formula is C14H14N6O. The van der Waals surface area contributed by atoms with Gasteiger partial charge >= 0.3 is 0 Å². The van der Waals surface area contributed by atoms with Gasteiger partial charge in [0, 0.05) is 11.4 Å². The van der Waals surface area contributed by atoms with Crippen molar-refractivity contribution in [2.75, 3.05) is 5.32 Å². The summed E-state index contributed by atoms with van der Waals surface area (Å²) in [5.41, 5.74) is 1.80. The number of nitrogens with one attached hydrogen (secondary N) is 1. The molecule has 0 fully saturated rings. The third-order valence-corrected chi connectivity index (χ3v) is 2.61. The van der Waals surface area contributed by atoms with Crippen molar-refractivity contribution >= 4 is 11.7 Å². The average molecular weight is 282 g/mol. The van der Waals surface area contributed by atoms with E-state index in [0.29, 0.717) is 5.95 Å². The smallest absolute Gasteiger partial charge is 0.252 e. The summed E-state index contributed by atoms with van der Waals surface area (Å²) in [7, 11) is 0. The molecule has 2 rings (SSSR count). The second-order valence-corrected chi connectivity index (χ2v) is 4.37. The van der Waals surface area contributed by atoms with E-state index < -0.39 is 0 Å². The number of allylic oxidation sites excluding steroid dienone is 1. The molecule has 0 saturated carbocycles. The fourth-order valence-electron chi connectivity index (χ4n) is 1.81. The Balaban J connectivity index is 2.52. The molecule has 0 aromatic carbocycles. The number of nitriles is 1. The zero-order valence-corrected chi connectivity index (χ0v) is 12.0. The lowest BCUT2D eigenvalue weighted by Crippen LogP contribution is -2.15. The van der Waals surface area contributed by atoms with E-state index in [1.54, 1.807) is 13.0 Å². The number of carbonyl (C=O) groups excluding carboxylic acids is 1. The Labute approximate surface area is 122 Å². The van der Waals surface area contributed by atoms with Gasteiger partial charge in [0.1, 0.15) is 11.6 Å². The van der Waals surface area contributed by atoms with Crippen LogP contribution in [0.2, 0.25) is 0 Å². The number of carbonyl (C=O) groups is 1. The Hall–Kier alpha value is -3.01. The first-order valence-corrected chi connectivity index (χ1v) is 6.29. The summed E-state index contributed by atoms with van der Waals surface area (Å²) >= 11 is 0. The predicted molar refractivity (Wildman–Crippen MR) is 76.8 cm³/mol. The van der Waals surface area contributed by atoms with Crippen molar-refractivity contribution in [3.05, 3.63) is 41.4 Å². The Bertz CT molecular complexity index is 733. The molecule has 0 radical (unpaired) electrons. The van der Waals surface area contributed by atoms with Crippen LogP contribution in [-0.4, -0.2) is 25.7 Å². The van der Waals surface area contributed by atoms with Gasteiger partial charge in [-0.2, -0.15) is 15.0 Å². The molecule has 0 atom stereocenters. The van der Waals surface area contributed by atoms with Gasteiger partial charge in [-0.15, -0.1) is 0 Å². The van der Waals surface area contributed by atoms with Gasteiger partial charge in [-0.05, 0) is 32.9 Å². The molecule has 0 spiro atoms.